The molecule has 9 heteroatoms. The molecule has 0 spiro atoms. The van der Waals surface area contributed by atoms with Crippen LogP contribution in [0.25, 0.3) is 0 Å². The van der Waals surface area contributed by atoms with Crippen molar-refractivity contribution in [2.45, 2.75) is 70.4 Å². The maximum Gasteiger partial charge on any atom is 0.351 e. The summed E-state index contributed by atoms with van der Waals surface area (Å²) in [6, 6.07) is 0. The number of aliphatic hydroxyl groups excluding tert-OH is 1. The minimum Gasteiger partial charge on any atom is -0.408 e. The van der Waals surface area contributed by atoms with E-state index in [1.165, 1.54) is 4.57 Å². The van der Waals surface area contributed by atoms with Gasteiger partial charge in [0.05, 0.1) is 6.61 Å². The normalized spacial score (nSPS) is 27.1. The highest BCUT2D eigenvalue weighted by atomic mass is 28.4. The summed E-state index contributed by atoms with van der Waals surface area (Å²) in [4.78, 5) is 16.2. The van der Waals surface area contributed by atoms with Gasteiger partial charge in [0.2, 0.25) is 0 Å². The number of hydrogen-bond donors (Lipinski definition) is 2. The van der Waals surface area contributed by atoms with Crippen LogP contribution in [0.15, 0.2) is 11.0 Å². The summed E-state index contributed by atoms with van der Waals surface area (Å²) in [7, 11) is -0.597. The predicted octanol–water partition coefficient (Wildman–Crippen LogP) is 1.43. The average Bonchev–Trinajstić information content (AvgIpc) is 2.86. The SMILES string of the molecule is CO[C@H]1C(O[Si](C)(C)C(C)(C)C)[C@@H](CO)O[C@H]1n1cc(C)c(N)nc1=O. The molecule has 2 rings (SSSR count). The van der Waals surface area contributed by atoms with E-state index in [0.717, 1.165) is 0 Å². The lowest BCUT2D eigenvalue weighted by Gasteiger charge is -2.40. The molecule has 26 heavy (non-hydrogen) atoms. The number of aliphatic hydroxyl groups is 1. The lowest BCUT2D eigenvalue weighted by molar-refractivity contribution is -0.0625. The van der Waals surface area contributed by atoms with E-state index in [4.69, 9.17) is 19.6 Å². The van der Waals surface area contributed by atoms with Crippen LogP contribution in [0.3, 0.4) is 0 Å². The van der Waals surface area contributed by atoms with Crippen molar-refractivity contribution in [3.05, 3.63) is 22.2 Å². The molecule has 3 N–H and O–H groups in total. The van der Waals surface area contributed by atoms with E-state index in [2.05, 4.69) is 38.8 Å². The van der Waals surface area contributed by atoms with Crippen molar-refractivity contribution in [2.75, 3.05) is 19.5 Å². The fourth-order valence-electron chi connectivity index (χ4n) is 2.75. The molecule has 1 aliphatic rings. The Balaban J connectivity index is 2.41. The highest BCUT2D eigenvalue weighted by molar-refractivity contribution is 6.74. The van der Waals surface area contributed by atoms with Gasteiger partial charge in [-0.05, 0) is 25.1 Å². The van der Waals surface area contributed by atoms with E-state index in [0.29, 0.717) is 5.56 Å². The molecule has 0 amide bonds. The molecule has 1 aliphatic heterocycles. The number of methoxy groups -OCH3 is 1. The van der Waals surface area contributed by atoms with Crippen molar-refractivity contribution < 1.29 is 19.0 Å². The molecular weight excluding hydrogens is 354 g/mol. The van der Waals surface area contributed by atoms with Crippen LogP contribution in [0.1, 0.15) is 32.6 Å². The summed E-state index contributed by atoms with van der Waals surface area (Å²) in [6.07, 6.45) is -0.774. The van der Waals surface area contributed by atoms with Crippen LogP contribution >= 0.6 is 0 Å². The zero-order valence-electron chi connectivity index (χ0n) is 16.6. The zero-order valence-corrected chi connectivity index (χ0v) is 17.6. The molecule has 4 atom stereocenters. The molecule has 1 aromatic rings. The molecular formula is C17H31N3O5Si. The van der Waals surface area contributed by atoms with Crippen LogP contribution in [0.2, 0.25) is 18.1 Å². The molecule has 1 unspecified atom stereocenters. The maximum atomic E-state index is 12.3. The Morgan fingerprint density at radius 1 is 1.38 bits per heavy atom. The van der Waals surface area contributed by atoms with E-state index >= 15 is 0 Å². The van der Waals surface area contributed by atoms with Gasteiger partial charge >= 0.3 is 5.69 Å². The topological polar surface area (TPSA) is 109 Å². The molecule has 2 heterocycles. The molecule has 1 aromatic heterocycles. The molecule has 0 bridgehead atoms. The summed E-state index contributed by atoms with van der Waals surface area (Å²) >= 11 is 0. The molecule has 0 saturated carbocycles. The lowest BCUT2D eigenvalue weighted by Crippen LogP contribution is -2.50. The Kier molecular flexibility index (Phi) is 5.98. The van der Waals surface area contributed by atoms with Crippen molar-refractivity contribution >= 4 is 14.1 Å². The van der Waals surface area contributed by atoms with Crippen LogP contribution in [0.5, 0.6) is 0 Å². The molecule has 0 aliphatic carbocycles. The van der Waals surface area contributed by atoms with E-state index < -0.39 is 38.5 Å². The van der Waals surface area contributed by atoms with Gasteiger partial charge in [0.25, 0.3) is 0 Å². The van der Waals surface area contributed by atoms with Crippen molar-refractivity contribution in [3.63, 3.8) is 0 Å². The highest BCUT2D eigenvalue weighted by Crippen LogP contribution is 2.41. The summed E-state index contributed by atoms with van der Waals surface area (Å²) in [5.74, 6) is 0.186. The Hall–Kier alpha value is -1.26. The van der Waals surface area contributed by atoms with Crippen LogP contribution < -0.4 is 11.4 Å². The first-order chi connectivity index (χ1) is 11.9. The number of nitrogens with zero attached hydrogens (tertiary/aromatic N) is 2. The largest absolute Gasteiger partial charge is 0.408 e. The number of nitrogen functional groups attached to an aromatic ring is 1. The third-order valence-electron chi connectivity index (χ3n) is 5.42. The maximum absolute atomic E-state index is 12.3. The number of anilines is 1. The Morgan fingerprint density at radius 2 is 2.00 bits per heavy atom. The molecule has 1 saturated heterocycles. The number of hydrogen-bond acceptors (Lipinski definition) is 7. The summed E-state index contributed by atoms with van der Waals surface area (Å²) in [5, 5.41) is 9.80. The van der Waals surface area contributed by atoms with Gasteiger partial charge in [0.1, 0.15) is 24.1 Å². The van der Waals surface area contributed by atoms with Gasteiger partial charge in [-0.15, -0.1) is 0 Å². The first kappa shape index (κ1) is 21.0. The van der Waals surface area contributed by atoms with Gasteiger partial charge in [-0.3, -0.25) is 4.57 Å². The van der Waals surface area contributed by atoms with Crippen molar-refractivity contribution in [1.29, 1.82) is 0 Å². The Labute approximate surface area is 155 Å². The monoisotopic (exact) mass is 385 g/mol. The second-order valence-corrected chi connectivity index (χ2v) is 13.0. The van der Waals surface area contributed by atoms with Gasteiger partial charge in [0, 0.05) is 18.9 Å². The lowest BCUT2D eigenvalue weighted by atomic mass is 10.1. The van der Waals surface area contributed by atoms with E-state index in [-0.39, 0.29) is 17.5 Å². The predicted molar refractivity (Wildman–Crippen MR) is 102 cm³/mol. The number of aromatic nitrogens is 2. The smallest absolute Gasteiger partial charge is 0.351 e. The highest BCUT2D eigenvalue weighted by Gasteiger charge is 2.51. The second-order valence-electron chi connectivity index (χ2n) is 8.29. The van der Waals surface area contributed by atoms with Crippen molar-refractivity contribution in [1.82, 2.24) is 9.55 Å². The van der Waals surface area contributed by atoms with Gasteiger partial charge in [-0.2, -0.15) is 4.98 Å². The summed E-state index contributed by atoms with van der Waals surface area (Å²) in [5.41, 5.74) is 5.85. The van der Waals surface area contributed by atoms with Gasteiger partial charge in [0.15, 0.2) is 14.5 Å². The number of aryl methyl sites for hydroxylation is 1. The Morgan fingerprint density at radius 3 is 2.50 bits per heavy atom. The van der Waals surface area contributed by atoms with E-state index in [1.54, 1.807) is 20.2 Å². The standard InChI is InChI=1S/C17H31N3O5Si/c1-10-8-20(16(22)19-14(10)18)15-13(23-5)12(11(9-21)24-15)25-26(6,7)17(2,3)4/h8,11-13,15,21H,9H2,1-7H3,(H2,18,19,22)/t11-,12?,13+,15-/m1/s1. The van der Waals surface area contributed by atoms with Crippen LogP contribution in [0, 0.1) is 6.92 Å². The molecule has 148 valence electrons. The molecule has 0 aromatic carbocycles. The van der Waals surface area contributed by atoms with E-state index in [1.807, 2.05) is 0 Å². The van der Waals surface area contributed by atoms with Gasteiger partial charge < -0.3 is 24.7 Å². The van der Waals surface area contributed by atoms with E-state index in [9.17, 15) is 9.90 Å². The first-order valence-electron chi connectivity index (χ1n) is 8.75. The van der Waals surface area contributed by atoms with Gasteiger partial charge in [-0.25, -0.2) is 4.79 Å². The minimum atomic E-state index is -2.14. The summed E-state index contributed by atoms with van der Waals surface area (Å²) < 4.78 is 19.4. The number of ether oxygens (including phenoxy) is 2. The third-order valence-corrected chi connectivity index (χ3v) is 9.90. The average molecular weight is 386 g/mol. The molecule has 0 radical (unpaired) electrons. The van der Waals surface area contributed by atoms with Crippen molar-refractivity contribution in [2.24, 2.45) is 0 Å². The Bertz CT molecular complexity index is 701. The molecule has 8 nitrogen and oxygen atoms in total. The second kappa shape index (κ2) is 7.39. The quantitative estimate of drug-likeness (QED) is 0.738. The fraction of sp³-hybridized carbons (Fsp3) is 0.765. The summed E-state index contributed by atoms with van der Waals surface area (Å²) in [6.45, 7) is 12.2. The van der Waals surface area contributed by atoms with Crippen LogP contribution in [-0.2, 0) is 13.9 Å². The van der Waals surface area contributed by atoms with Gasteiger partial charge in [-0.1, -0.05) is 20.8 Å². The first-order valence-corrected chi connectivity index (χ1v) is 11.7. The zero-order chi connectivity index (χ0) is 19.9. The fourth-order valence-corrected chi connectivity index (χ4v) is 4.07. The number of nitrogens with two attached hydrogens (primary N) is 1. The van der Waals surface area contributed by atoms with Crippen LogP contribution in [-0.4, -0.2) is 55.0 Å². The van der Waals surface area contributed by atoms with Crippen LogP contribution in [0.4, 0.5) is 5.82 Å². The van der Waals surface area contributed by atoms with Crippen molar-refractivity contribution in [3.8, 4) is 0 Å². The third kappa shape index (κ3) is 3.86. The molecule has 1 fully saturated rings. The minimum absolute atomic E-state index is 0.0143. The number of rotatable bonds is 5.